The maximum Gasteiger partial charge on any atom is 0.205 e. The van der Waals surface area contributed by atoms with Crippen LogP contribution in [0.15, 0.2) is 40.2 Å². The molecule has 0 saturated carbocycles. The molecule has 1 aliphatic rings. The van der Waals surface area contributed by atoms with E-state index in [1.54, 1.807) is 14.2 Å². The number of benzene rings is 2. The third-order valence-corrected chi connectivity index (χ3v) is 5.81. The minimum Gasteiger partial charge on any atom is -0.493 e. The Morgan fingerprint density at radius 1 is 1.13 bits per heavy atom. The van der Waals surface area contributed by atoms with Gasteiger partial charge in [-0.15, -0.1) is 0 Å². The molecule has 0 radical (unpaired) electrons. The van der Waals surface area contributed by atoms with Crippen LogP contribution >= 0.6 is 15.9 Å². The highest BCUT2D eigenvalue weighted by atomic mass is 79.9. The summed E-state index contributed by atoms with van der Waals surface area (Å²) in [5.41, 5.74) is 11.0. The van der Waals surface area contributed by atoms with E-state index in [0.29, 0.717) is 38.3 Å². The molecule has 4 rings (SSSR count). The molecule has 7 nitrogen and oxygen atoms in total. The molecule has 8 heteroatoms. The van der Waals surface area contributed by atoms with Crippen molar-refractivity contribution >= 4 is 27.0 Å². The summed E-state index contributed by atoms with van der Waals surface area (Å²) in [6.45, 7) is 3.81. The molecule has 0 bridgehead atoms. The van der Waals surface area contributed by atoms with Crippen molar-refractivity contribution in [3.63, 3.8) is 0 Å². The first-order valence-corrected chi connectivity index (χ1v) is 9.95. The lowest BCUT2D eigenvalue weighted by Crippen LogP contribution is -2.21. The molecule has 30 heavy (non-hydrogen) atoms. The topological polar surface area (TPSA) is 103 Å². The highest BCUT2D eigenvalue weighted by Crippen LogP contribution is 2.47. The van der Waals surface area contributed by atoms with Gasteiger partial charge in [0, 0.05) is 5.56 Å². The van der Waals surface area contributed by atoms with Crippen molar-refractivity contribution in [2.75, 3.05) is 14.2 Å². The summed E-state index contributed by atoms with van der Waals surface area (Å²) in [5.74, 6) is 1.21. The van der Waals surface area contributed by atoms with E-state index in [-0.39, 0.29) is 5.88 Å². The number of hydrogen-bond acceptors (Lipinski definition) is 7. The summed E-state index contributed by atoms with van der Waals surface area (Å²) >= 11 is 3.53. The molecule has 1 atom stereocenters. The van der Waals surface area contributed by atoms with E-state index in [9.17, 15) is 5.26 Å². The number of nitrogens with two attached hydrogens (primary N) is 1. The molecular weight excluding hydrogens is 448 g/mol. The fourth-order valence-corrected chi connectivity index (χ4v) is 4.27. The van der Waals surface area contributed by atoms with Crippen LogP contribution in [0.4, 0.5) is 0 Å². The van der Waals surface area contributed by atoms with Crippen LogP contribution in [0.25, 0.3) is 11.0 Å². The Balaban J connectivity index is 2.02. The second-order valence-corrected chi connectivity index (χ2v) is 7.76. The van der Waals surface area contributed by atoms with Gasteiger partial charge in [-0.05, 0) is 53.5 Å². The average molecular weight is 467 g/mol. The lowest BCUT2D eigenvalue weighted by molar-refractivity contribution is 0.352. The van der Waals surface area contributed by atoms with E-state index in [1.165, 1.54) is 0 Å². The van der Waals surface area contributed by atoms with E-state index in [4.69, 9.17) is 19.9 Å². The highest BCUT2D eigenvalue weighted by molar-refractivity contribution is 9.10. The van der Waals surface area contributed by atoms with Gasteiger partial charge in [-0.3, -0.25) is 0 Å². The van der Waals surface area contributed by atoms with Crippen molar-refractivity contribution < 1.29 is 14.2 Å². The van der Waals surface area contributed by atoms with Gasteiger partial charge in [-0.1, -0.05) is 6.07 Å². The lowest BCUT2D eigenvalue weighted by Gasteiger charge is -2.27. The van der Waals surface area contributed by atoms with Gasteiger partial charge < -0.3 is 19.9 Å². The molecule has 0 spiro atoms. The Morgan fingerprint density at radius 2 is 1.87 bits per heavy atom. The van der Waals surface area contributed by atoms with Gasteiger partial charge in [-0.25, -0.2) is 9.97 Å². The van der Waals surface area contributed by atoms with Crippen LogP contribution < -0.4 is 19.9 Å². The molecule has 2 N–H and O–H groups in total. The summed E-state index contributed by atoms with van der Waals surface area (Å²) in [6, 6.07) is 9.72. The number of halogens is 1. The maximum absolute atomic E-state index is 9.85. The molecule has 2 heterocycles. The van der Waals surface area contributed by atoms with Gasteiger partial charge in [0.05, 0.1) is 41.5 Å². The minimum atomic E-state index is -0.456. The summed E-state index contributed by atoms with van der Waals surface area (Å²) in [5, 5.41) is 9.85. The van der Waals surface area contributed by atoms with Gasteiger partial charge in [0.1, 0.15) is 17.2 Å². The molecule has 1 aromatic heterocycles. The smallest absolute Gasteiger partial charge is 0.205 e. The normalized spacial score (nSPS) is 15.4. The molecule has 1 unspecified atom stereocenters. The number of nitrogens with zero attached hydrogens (tertiary/aromatic N) is 3. The first kappa shape index (κ1) is 20.0. The fourth-order valence-electron chi connectivity index (χ4n) is 3.65. The van der Waals surface area contributed by atoms with Crippen LogP contribution in [0.1, 0.15) is 28.4 Å². The molecular formula is C22H19BrN4O3. The van der Waals surface area contributed by atoms with Crippen molar-refractivity contribution in [1.29, 1.82) is 5.26 Å². The monoisotopic (exact) mass is 466 g/mol. The SMILES string of the molecule is COc1cc(C2C(C#N)=C(N)Oc3c2ccc2nc(C)c(C)nc32)cc(Br)c1OC. The number of fused-ring (bicyclic) bond motifs is 3. The van der Waals surface area contributed by atoms with E-state index < -0.39 is 5.92 Å². The van der Waals surface area contributed by atoms with Crippen LogP contribution in [0.5, 0.6) is 17.2 Å². The Hall–Kier alpha value is -3.31. The third kappa shape index (κ3) is 3.02. The molecule has 0 amide bonds. The Kier molecular flexibility index (Phi) is 5.00. The van der Waals surface area contributed by atoms with Gasteiger partial charge in [-0.2, -0.15) is 5.26 Å². The molecule has 0 fully saturated rings. The predicted molar refractivity (Wildman–Crippen MR) is 116 cm³/mol. The first-order valence-electron chi connectivity index (χ1n) is 9.16. The predicted octanol–water partition coefficient (Wildman–Crippen LogP) is 4.24. The number of aromatic nitrogens is 2. The molecule has 1 aliphatic heterocycles. The van der Waals surface area contributed by atoms with Crippen molar-refractivity contribution in [1.82, 2.24) is 9.97 Å². The van der Waals surface area contributed by atoms with Gasteiger partial charge in [0.25, 0.3) is 0 Å². The maximum atomic E-state index is 9.85. The van der Waals surface area contributed by atoms with Crippen LogP contribution in [-0.2, 0) is 0 Å². The zero-order valence-corrected chi connectivity index (χ0v) is 18.5. The Morgan fingerprint density at radius 3 is 2.53 bits per heavy atom. The van der Waals surface area contributed by atoms with Crippen molar-refractivity contribution in [3.05, 3.63) is 62.7 Å². The molecule has 0 saturated heterocycles. The van der Waals surface area contributed by atoms with E-state index in [2.05, 4.69) is 32.0 Å². The van der Waals surface area contributed by atoms with E-state index in [1.807, 2.05) is 38.1 Å². The number of ether oxygens (including phenoxy) is 3. The highest BCUT2D eigenvalue weighted by Gasteiger charge is 2.33. The zero-order chi connectivity index (χ0) is 21.6. The van der Waals surface area contributed by atoms with Gasteiger partial charge in [0.15, 0.2) is 17.2 Å². The van der Waals surface area contributed by atoms with Gasteiger partial charge >= 0.3 is 0 Å². The number of allylic oxidation sites excluding steroid dienone is 1. The quantitative estimate of drug-likeness (QED) is 0.615. The molecule has 3 aromatic rings. The third-order valence-electron chi connectivity index (χ3n) is 5.22. The van der Waals surface area contributed by atoms with Crippen LogP contribution in [0, 0.1) is 25.2 Å². The molecule has 152 valence electrons. The van der Waals surface area contributed by atoms with Crippen LogP contribution in [0.3, 0.4) is 0 Å². The number of rotatable bonds is 3. The Bertz CT molecular complexity index is 1260. The van der Waals surface area contributed by atoms with Crippen molar-refractivity contribution in [2.45, 2.75) is 19.8 Å². The number of methoxy groups -OCH3 is 2. The lowest BCUT2D eigenvalue weighted by atomic mass is 9.83. The minimum absolute atomic E-state index is 0.0495. The zero-order valence-electron chi connectivity index (χ0n) is 16.9. The van der Waals surface area contributed by atoms with Crippen molar-refractivity contribution in [3.8, 4) is 23.3 Å². The molecule has 0 aliphatic carbocycles. The summed E-state index contributed by atoms with van der Waals surface area (Å²) in [7, 11) is 3.13. The second-order valence-electron chi connectivity index (χ2n) is 6.91. The number of hydrogen-bond donors (Lipinski definition) is 1. The summed E-state index contributed by atoms with van der Waals surface area (Å²) in [4.78, 5) is 9.28. The number of nitriles is 1. The van der Waals surface area contributed by atoms with Crippen molar-refractivity contribution in [2.24, 2.45) is 5.73 Å². The van der Waals surface area contributed by atoms with Crippen LogP contribution in [0.2, 0.25) is 0 Å². The molecule has 2 aromatic carbocycles. The van der Waals surface area contributed by atoms with E-state index in [0.717, 1.165) is 22.5 Å². The largest absolute Gasteiger partial charge is 0.493 e. The standard InChI is InChI=1S/C22H19BrN4O3/c1-10-11(2)27-19-16(26-10)6-5-13-18(14(9-24)22(25)30-20(13)19)12-7-15(23)21(29-4)17(8-12)28-3/h5-8,18H,25H2,1-4H3. The van der Waals surface area contributed by atoms with Crippen LogP contribution in [-0.4, -0.2) is 24.2 Å². The second kappa shape index (κ2) is 7.50. The average Bonchev–Trinajstić information content (AvgIpc) is 2.73. The number of aryl methyl sites for hydroxylation is 2. The fraction of sp³-hybridized carbons (Fsp3) is 0.227. The summed E-state index contributed by atoms with van der Waals surface area (Å²) < 4.78 is 17.5. The summed E-state index contributed by atoms with van der Waals surface area (Å²) in [6.07, 6.45) is 0. The first-order chi connectivity index (χ1) is 14.4. The Labute approximate surface area is 182 Å². The van der Waals surface area contributed by atoms with Gasteiger partial charge in [0.2, 0.25) is 5.88 Å². The van der Waals surface area contributed by atoms with E-state index >= 15 is 0 Å².